The maximum Gasteiger partial charge on any atom is 0.244 e. The molecule has 1 atom stereocenters. The average Bonchev–Trinajstić information content (AvgIpc) is 2.37. The first-order valence-corrected chi connectivity index (χ1v) is 7.97. The fourth-order valence-electron chi connectivity index (χ4n) is 1.53. The van der Waals surface area contributed by atoms with Crippen LogP contribution in [-0.4, -0.2) is 26.9 Å². The molecule has 1 aromatic rings. The quantitative estimate of drug-likeness (QED) is 0.677. The van der Waals surface area contributed by atoms with Crippen molar-refractivity contribution in [2.24, 2.45) is 5.92 Å². The first-order valence-electron chi connectivity index (χ1n) is 6.48. The van der Waals surface area contributed by atoms with Crippen molar-refractivity contribution >= 4 is 21.6 Å². The summed E-state index contributed by atoms with van der Waals surface area (Å²) >= 11 is 0. The van der Waals surface area contributed by atoms with Gasteiger partial charge in [-0.2, -0.15) is 4.72 Å². The number of hydrogen-bond acceptors (Lipinski definition) is 4. The molecule has 0 heterocycles. The molecule has 8 heteroatoms. The van der Waals surface area contributed by atoms with Crippen LogP contribution in [0.25, 0.3) is 0 Å². The van der Waals surface area contributed by atoms with Crippen LogP contribution in [0.2, 0.25) is 0 Å². The van der Waals surface area contributed by atoms with Gasteiger partial charge in [0, 0.05) is 12.2 Å². The molecule has 0 bridgehead atoms. The van der Waals surface area contributed by atoms with Gasteiger partial charge in [-0.05, 0) is 31.0 Å². The zero-order chi connectivity index (χ0) is 16.2. The minimum atomic E-state index is -4.16. The summed E-state index contributed by atoms with van der Waals surface area (Å²) in [4.78, 5) is 11.2. The summed E-state index contributed by atoms with van der Waals surface area (Å²) in [5.74, 6) is -1.16. The molecule has 0 aliphatic rings. The zero-order valence-corrected chi connectivity index (χ0v) is 13.0. The van der Waals surface area contributed by atoms with Crippen LogP contribution < -0.4 is 15.8 Å². The highest BCUT2D eigenvalue weighted by atomic mass is 32.2. The zero-order valence-electron chi connectivity index (χ0n) is 12.2. The number of anilines is 1. The summed E-state index contributed by atoms with van der Waals surface area (Å²) < 4.78 is 39.9. The second kappa shape index (κ2) is 6.86. The monoisotopic (exact) mass is 317 g/mol. The normalized spacial score (nSPS) is 13.2. The van der Waals surface area contributed by atoms with Crippen molar-refractivity contribution in [1.29, 1.82) is 0 Å². The topological polar surface area (TPSA) is 101 Å². The van der Waals surface area contributed by atoms with E-state index in [0.29, 0.717) is 6.54 Å². The lowest BCUT2D eigenvalue weighted by Crippen LogP contribution is -2.45. The third-order valence-corrected chi connectivity index (χ3v) is 4.21. The second-order valence-corrected chi connectivity index (χ2v) is 6.85. The summed E-state index contributed by atoms with van der Waals surface area (Å²) in [7, 11) is -4.16. The number of hydrogen-bond donors (Lipinski definition) is 3. The Labute approximate surface area is 124 Å². The van der Waals surface area contributed by atoms with Crippen LogP contribution in [-0.2, 0) is 14.8 Å². The molecule has 0 aliphatic heterocycles. The number of carbonyl (C=O) groups excluding carboxylic acids is 1. The van der Waals surface area contributed by atoms with Crippen LogP contribution in [0, 0.1) is 11.7 Å². The molecule has 1 amide bonds. The summed E-state index contributed by atoms with van der Waals surface area (Å²) in [5, 5.41) is 2.60. The number of benzene rings is 1. The number of carbonyl (C=O) groups is 1. The average molecular weight is 317 g/mol. The molecule has 21 heavy (non-hydrogen) atoms. The number of sulfonamides is 1. The van der Waals surface area contributed by atoms with Gasteiger partial charge in [0.05, 0.1) is 6.04 Å². The van der Waals surface area contributed by atoms with E-state index in [1.165, 1.54) is 13.0 Å². The molecular weight excluding hydrogens is 297 g/mol. The van der Waals surface area contributed by atoms with Gasteiger partial charge in [0.1, 0.15) is 10.7 Å². The predicted molar refractivity (Wildman–Crippen MR) is 78.4 cm³/mol. The molecule has 1 rings (SSSR count). The lowest BCUT2D eigenvalue weighted by Gasteiger charge is -2.16. The van der Waals surface area contributed by atoms with Crippen LogP contribution in [0.1, 0.15) is 20.8 Å². The molecular formula is C13H20FN3O3S. The third-order valence-electron chi connectivity index (χ3n) is 2.65. The van der Waals surface area contributed by atoms with Gasteiger partial charge in [-0.15, -0.1) is 0 Å². The van der Waals surface area contributed by atoms with Gasteiger partial charge in [0.2, 0.25) is 15.9 Å². The Morgan fingerprint density at radius 2 is 1.95 bits per heavy atom. The Bertz CT molecular complexity index is 617. The van der Waals surface area contributed by atoms with Crippen LogP contribution >= 0.6 is 0 Å². The minimum Gasteiger partial charge on any atom is -0.399 e. The molecule has 0 spiro atoms. The van der Waals surface area contributed by atoms with Crippen molar-refractivity contribution in [3.63, 3.8) is 0 Å². The van der Waals surface area contributed by atoms with Crippen LogP contribution in [0.15, 0.2) is 23.1 Å². The summed E-state index contributed by atoms with van der Waals surface area (Å²) in [5.41, 5.74) is 5.58. The van der Waals surface area contributed by atoms with E-state index in [9.17, 15) is 17.6 Å². The van der Waals surface area contributed by atoms with Crippen molar-refractivity contribution in [3.05, 3.63) is 24.0 Å². The second-order valence-electron chi connectivity index (χ2n) is 5.17. The van der Waals surface area contributed by atoms with Gasteiger partial charge in [-0.3, -0.25) is 4.79 Å². The van der Waals surface area contributed by atoms with Gasteiger partial charge in [0.15, 0.2) is 0 Å². The SMILES string of the molecule is CC(C)CNC(=O)C(C)NS(=O)(=O)c1cc(N)ccc1F. The highest BCUT2D eigenvalue weighted by Gasteiger charge is 2.24. The predicted octanol–water partition coefficient (Wildman–Crippen LogP) is 0.847. The molecule has 0 saturated heterocycles. The Morgan fingerprint density at radius 3 is 2.52 bits per heavy atom. The van der Waals surface area contributed by atoms with E-state index in [-0.39, 0.29) is 11.6 Å². The highest BCUT2D eigenvalue weighted by Crippen LogP contribution is 2.17. The first kappa shape index (κ1) is 17.4. The fourth-order valence-corrected chi connectivity index (χ4v) is 2.85. The van der Waals surface area contributed by atoms with E-state index in [0.717, 1.165) is 12.1 Å². The third kappa shape index (κ3) is 4.98. The van der Waals surface area contributed by atoms with Gasteiger partial charge in [-0.1, -0.05) is 13.8 Å². The molecule has 0 aromatic heterocycles. The summed E-state index contributed by atoms with van der Waals surface area (Å²) in [6.07, 6.45) is 0. The maximum absolute atomic E-state index is 13.6. The molecule has 6 nitrogen and oxygen atoms in total. The molecule has 0 radical (unpaired) electrons. The number of nitrogens with one attached hydrogen (secondary N) is 2. The summed E-state index contributed by atoms with van der Waals surface area (Å²) in [6.45, 7) is 5.64. The first-order chi connectivity index (χ1) is 9.63. The van der Waals surface area contributed by atoms with Crippen LogP contribution in [0.3, 0.4) is 0 Å². The molecule has 0 saturated carbocycles. The van der Waals surface area contributed by atoms with Gasteiger partial charge in [0.25, 0.3) is 0 Å². The van der Waals surface area contributed by atoms with E-state index < -0.39 is 32.7 Å². The lowest BCUT2D eigenvalue weighted by atomic mass is 10.2. The number of rotatable bonds is 6. The van der Waals surface area contributed by atoms with Crippen molar-refractivity contribution in [2.75, 3.05) is 12.3 Å². The van der Waals surface area contributed by atoms with Crippen molar-refractivity contribution < 1.29 is 17.6 Å². The minimum absolute atomic E-state index is 0.119. The smallest absolute Gasteiger partial charge is 0.244 e. The van der Waals surface area contributed by atoms with Crippen molar-refractivity contribution in [2.45, 2.75) is 31.7 Å². The summed E-state index contributed by atoms with van der Waals surface area (Å²) in [6, 6.07) is 2.21. The van der Waals surface area contributed by atoms with Gasteiger partial charge >= 0.3 is 0 Å². The standard InChI is InChI=1S/C13H20FN3O3S/c1-8(2)7-16-13(18)9(3)17-21(19,20)12-6-10(15)4-5-11(12)14/h4-6,8-9,17H,7,15H2,1-3H3,(H,16,18). The molecule has 4 N–H and O–H groups in total. The van der Waals surface area contributed by atoms with Crippen molar-refractivity contribution in [1.82, 2.24) is 10.0 Å². The van der Waals surface area contributed by atoms with Crippen LogP contribution in [0.4, 0.5) is 10.1 Å². The van der Waals surface area contributed by atoms with Crippen LogP contribution in [0.5, 0.6) is 0 Å². The number of nitrogen functional groups attached to an aromatic ring is 1. The molecule has 0 aliphatic carbocycles. The van der Waals surface area contributed by atoms with E-state index in [4.69, 9.17) is 5.73 Å². The highest BCUT2D eigenvalue weighted by molar-refractivity contribution is 7.89. The van der Waals surface area contributed by atoms with Crippen molar-refractivity contribution in [3.8, 4) is 0 Å². The van der Waals surface area contributed by atoms with E-state index >= 15 is 0 Å². The van der Waals surface area contributed by atoms with Gasteiger partial charge in [-0.25, -0.2) is 12.8 Å². The van der Waals surface area contributed by atoms with E-state index in [1.54, 1.807) is 0 Å². The lowest BCUT2D eigenvalue weighted by molar-refractivity contribution is -0.122. The molecule has 1 unspecified atom stereocenters. The Balaban J connectivity index is 2.85. The Kier molecular flexibility index (Phi) is 5.68. The van der Waals surface area contributed by atoms with E-state index in [1.807, 2.05) is 13.8 Å². The maximum atomic E-state index is 13.6. The molecule has 118 valence electrons. The number of amides is 1. The Hall–Kier alpha value is -1.67. The number of halogens is 1. The number of nitrogens with two attached hydrogens (primary N) is 1. The van der Waals surface area contributed by atoms with E-state index in [2.05, 4.69) is 10.0 Å². The molecule has 1 aromatic carbocycles. The fraction of sp³-hybridized carbons (Fsp3) is 0.462. The van der Waals surface area contributed by atoms with Gasteiger partial charge < -0.3 is 11.1 Å². The molecule has 0 fully saturated rings. The Morgan fingerprint density at radius 1 is 1.33 bits per heavy atom. The largest absolute Gasteiger partial charge is 0.399 e.